The van der Waals surface area contributed by atoms with E-state index in [0.717, 1.165) is 0 Å². The van der Waals surface area contributed by atoms with Gasteiger partial charge in [-0.05, 0) is 13.2 Å². The Morgan fingerprint density at radius 1 is 1.64 bits per heavy atom. The van der Waals surface area contributed by atoms with Gasteiger partial charge in [-0.2, -0.15) is 5.26 Å². The Balaban J connectivity index is 3.05. The Bertz CT molecular complexity index is 124. The summed E-state index contributed by atoms with van der Waals surface area (Å²) in [6.07, 6.45) is 2.35. The number of nitriles is 1. The van der Waals surface area contributed by atoms with E-state index in [9.17, 15) is 0 Å². The fourth-order valence-corrected chi connectivity index (χ4v) is 0.704. The van der Waals surface area contributed by atoms with Gasteiger partial charge < -0.3 is 9.47 Å². The van der Waals surface area contributed by atoms with E-state index in [4.69, 9.17) is 14.7 Å². The van der Waals surface area contributed by atoms with Crippen LogP contribution in [0, 0.1) is 11.3 Å². The minimum Gasteiger partial charge on any atom is -0.351 e. The summed E-state index contributed by atoms with van der Waals surface area (Å²) in [6, 6.07) is 2.02. The van der Waals surface area contributed by atoms with Crippen molar-refractivity contribution in [1.29, 1.82) is 5.26 Å². The molecule has 0 saturated heterocycles. The molecule has 4 heteroatoms. The lowest BCUT2D eigenvalue weighted by Crippen LogP contribution is -2.10. The average Bonchev–Trinajstić information content (AvgIpc) is 1.99. The highest BCUT2D eigenvalue weighted by atomic mass is 32.2. The topological polar surface area (TPSA) is 42.2 Å². The van der Waals surface area contributed by atoms with Crippen LogP contribution in [0.15, 0.2) is 0 Å². The fraction of sp³-hybridized carbons (Fsp3) is 0.857. The maximum Gasteiger partial charge on any atom is 0.148 e. The largest absolute Gasteiger partial charge is 0.351 e. The molecule has 0 N–H and O–H groups in total. The normalized spacial score (nSPS) is 12.5. The highest BCUT2D eigenvalue weighted by molar-refractivity contribution is 7.98. The molecule has 0 rings (SSSR count). The van der Waals surface area contributed by atoms with Gasteiger partial charge in [0.1, 0.15) is 6.79 Å². The smallest absolute Gasteiger partial charge is 0.148 e. The molecule has 0 bridgehead atoms. The van der Waals surface area contributed by atoms with E-state index in [1.165, 1.54) is 0 Å². The van der Waals surface area contributed by atoms with Crippen LogP contribution in [0.4, 0.5) is 0 Å². The Labute approximate surface area is 71.7 Å². The number of hydrogen-bond donors (Lipinski definition) is 0. The van der Waals surface area contributed by atoms with Crippen LogP contribution in [0.3, 0.4) is 0 Å². The molecule has 0 aromatic carbocycles. The fourth-order valence-electron chi connectivity index (χ4n) is 0.469. The average molecular weight is 175 g/mol. The van der Waals surface area contributed by atoms with Crippen molar-refractivity contribution in [1.82, 2.24) is 0 Å². The van der Waals surface area contributed by atoms with E-state index >= 15 is 0 Å². The predicted molar refractivity (Wildman–Crippen MR) is 45.1 cm³/mol. The Kier molecular flexibility index (Phi) is 7.69. The van der Waals surface area contributed by atoms with Crippen molar-refractivity contribution in [3.63, 3.8) is 0 Å². The quantitative estimate of drug-likeness (QED) is 0.454. The molecular weight excluding hydrogens is 162 g/mol. The third-order valence-corrected chi connectivity index (χ3v) is 1.42. The molecule has 0 radical (unpaired) electrons. The second kappa shape index (κ2) is 7.86. The van der Waals surface area contributed by atoms with Gasteiger partial charge in [-0.25, -0.2) is 0 Å². The van der Waals surface area contributed by atoms with Gasteiger partial charge in [-0.3, -0.25) is 0 Å². The van der Waals surface area contributed by atoms with Crippen LogP contribution in [0.25, 0.3) is 0 Å². The van der Waals surface area contributed by atoms with Crippen LogP contribution in [0.2, 0.25) is 0 Å². The van der Waals surface area contributed by atoms with Gasteiger partial charge in [-0.1, -0.05) is 0 Å². The van der Waals surface area contributed by atoms with Crippen LogP contribution in [0.5, 0.6) is 0 Å². The van der Waals surface area contributed by atoms with Crippen molar-refractivity contribution in [2.75, 3.05) is 19.0 Å². The molecule has 0 aromatic rings. The first-order valence-corrected chi connectivity index (χ1v) is 4.76. The second-order valence-corrected chi connectivity index (χ2v) is 2.88. The standard InChI is InChI=1S/C7H13NO2S/c1-7(3-4-8)10-5-9-6-11-2/h7H,3,5-6H2,1-2H3/t7-/m1/s1. The molecule has 1 atom stereocenters. The van der Waals surface area contributed by atoms with Crippen LogP contribution in [-0.2, 0) is 9.47 Å². The molecule has 0 amide bonds. The van der Waals surface area contributed by atoms with Crippen molar-refractivity contribution in [2.45, 2.75) is 19.4 Å². The summed E-state index contributed by atoms with van der Waals surface area (Å²) in [4.78, 5) is 0. The molecule has 0 aliphatic rings. The predicted octanol–water partition coefficient (Wildman–Crippen LogP) is 1.60. The van der Waals surface area contributed by atoms with E-state index in [0.29, 0.717) is 12.4 Å². The van der Waals surface area contributed by atoms with E-state index in [2.05, 4.69) is 0 Å². The number of hydrogen-bond acceptors (Lipinski definition) is 4. The van der Waals surface area contributed by atoms with Gasteiger partial charge in [0.05, 0.1) is 24.5 Å². The molecule has 0 spiro atoms. The molecule has 3 nitrogen and oxygen atoms in total. The molecule has 11 heavy (non-hydrogen) atoms. The number of ether oxygens (including phenoxy) is 2. The number of thioether (sulfide) groups is 1. The van der Waals surface area contributed by atoms with Crippen molar-refractivity contribution in [3.05, 3.63) is 0 Å². The Morgan fingerprint density at radius 3 is 2.91 bits per heavy atom. The summed E-state index contributed by atoms with van der Waals surface area (Å²) < 4.78 is 10.2. The molecule has 0 aliphatic heterocycles. The Hall–Kier alpha value is -0.240. The first-order chi connectivity index (χ1) is 5.31. The maximum absolute atomic E-state index is 8.26. The molecule has 64 valence electrons. The van der Waals surface area contributed by atoms with E-state index in [1.54, 1.807) is 11.8 Å². The second-order valence-electron chi connectivity index (χ2n) is 2.07. The SMILES string of the molecule is CSCOCO[C@H](C)CC#N. The molecule has 0 fully saturated rings. The van der Waals surface area contributed by atoms with Gasteiger partial charge in [0.25, 0.3) is 0 Å². The molecular formula is C7H13NO2S. The Morgan fingerprint density at radius 2 is 2.36 bits per heavy atom. The molecule has 0 aromatic heterocycles. The molecule has 0 unspecified atom stereocenters. The van der Waals surface area contributed by atoms with Gasteiger partial charge in [0.2, 0.25) is 0 Å². The summed E-state index contributed by atoms with van der Waals surface area (Å²) in [5.41, 5.74) is 0. The lowest BCUT2D eigenvalue weighted by molar-refractivity contribution is -0.0680. The van der Waals surface area contributed by atoms with Crippen LogP contribution in [-0.4, -0.2) is 25.1 Å². The highest BCUT2D eigenvalue weighted by Crippen LogP contribution is 1.97. The molecule has 0 aliphatic carbocycles. The van der Waals surface area contributed by atoms with Crippen LogP contribution in [0.1, 0.15) is 13.3 Å². The summed E-state index contributed by atoms with van der Waals surface area (Å²) in [5.74, 6) is 0.638. The van der Waals surface area contributed by atoms with Gasteiger partial charge in [0, 0.05) is 0 Å². The third-order valence-electron chi connectivity index (χ3n) is 1.02. The van der Waals surface area contributed by atoms with Crippen LogP contribution < -0.4 is 0 Å². The highest BCUT2D eigenvalue weighted by Gasteiger charge is 1.99. The minimum atomic E-state index is -0.0261. The van der Waals surface area contributed by atoms with Crippen LogP contribution >= 0.6 is 11.8 Å². The third kappa shape index (κ3) is 7.66. The van der Waals surface area contributed by atoms with E-state index in [1.807, 2.05) is 19.2 Å². The monoisotopic (exact) mass is 175 g/mol. The van der Waals surface area contributed by atoms with E-state index < -0.39 is 0 Å². The van der Waals surface area contributed by atoms with Crippen molar-refractivity contribution in [2.24, 2.45) is 0 Å². The first kappa shape index (κ1) is 10.8. The summed E-state index contributed by atoms with van der Waals surface area (Å²) in [7, 11) is 0. The summed E-state index contributed by atoms with van der Waals surface area (Å²) in [6.45, 7) is 2.13. The van der Waals surface area contributed by atoms with Gasteiger partial charge in [0.15, 0.2) is 0 Å². The summed E-state index contributed by atoms with van der Waals surface area (Å²) in [5, 5.41) is 8.26. The van der Waals surface area contributed by atoms with Crippen molar-refractivity contribution >= 4 is 11.8 Å². The first-order valence-electron chi connectivity index (χ1n) is 3.36. The zero-order valence-electron chi connectivity index (χ0n) is 6.87. The number of rotatable bonds is 6. The zero-order chi connectivity index (χ0) is 8.53. The number of nitrogens with zero attached hydrogens (tertiary/aromatic N) is 1. The van der Waals surface area contributed by atoms with Gasteiger partial charge >= 0.3 is 0 Å². The van der Waals surface area contributed by atoms with Crippen molar-refractivity contribution in [3.8, 4) is 6.07 Å². The molecule has 0 heterocycles. The lowest BCUT2D eigenvalue weighted by atomic mass is 10.3. The minimum absolute atomic E-state index is 0.0261. The summed E-state index contributed by atoms with van der Waals surface area (Å²) >= 11 is 1.60. The van der Waals surface area contributed by atoms with E-state index in [-0.39, 0.29) is 12.9 Å². The van der Waals surface area contributed by atoms with Crippen molar-refractivity contribution < 1.29 is 9.47 Å². The maximum atomic E-state index is 8.26. The molecule has 0 saturated carbocycles. The van der Waals surface area contributed by atoms with Gasteiger partial charge in [-0.15, -0.1) is 11.8 Å². The zero-order valence-corrected chi connectivity index (χ0v) is 7.69. The lowest BCUT2D eigenvalue weighted by Gasteiger charge is -2.08.